The van der Waals surface area contributed by atoms with E-state index in [2.05, 4.69) is 4.98 Å². The van der Waals surface area contributed by atoms with E-state index in [0.29, 0.717) is 17.7 Å². The molecule has 2 saturated heterocycles. The first-order valence-corrected chi connectivity index (χ1v) is 12.0. The molecule has 2 aromatic rings. The molecule has 0 aliphatic carbocycles. The highest BCUT2D eigenvalue weighted by molar-refractivity contribution is 7.92. The molecule has 27 heavy (non-hydrogen) atoms. The number of sulfone groups is 1. The highest BCUT2D eigenvalue weighted by atomic mass is 32.2. The van der Waals surface area contributed by atoms with Gasteiger partial charge in [-0.3, -0.25) is 9.88 Å². The molecule has 3 heterocycles. The third kappa shape index (κ3) is 3.29. The van der Waals surface area contributed by atoms with E-state index < -0.39 is 25.9 Å². The summed E-state index contributed by atoms with van der Waals surface area (Å²) in [7, 11) is -5.26. The number of rotatable bonds is 3. The molecule has 0 unspecified atom stereocenters. The summed E-state index contributed by atoms with van der Waals surface area (Å²) in [6, 6.07) is 9.52. The molecule has 0 radical (unpaired) electrons. The van der Waals surface area contributed by atoms with Crippen LogP contribution >= 0.6 is 0 Å². The van der Waals surface area contributed by atoms with Crippen molar-refractivity contribution in [3.05, 3.63) is 48.8 Å². The normalized spacial score (nSPS) is 26.0. The summed E-state index contributed by atoms with van der Waals surface area (Å²) in [5.74, 6) is -0.124. The number of piperazine rings is 1. The van der Waals surface area contributed by atoms with E-state index in [1.165, 1.54) is 4.31 Å². The monoisotopic (exact) mass is 407 g/mol. The van der Waals surface area contributed by atoms with Gasteiger partial charge in [0.1, 0.15) is 0 Å². The maximum Gasteiger partial charge on any atom is 0.244 e. The van der Waals surface area contributed by atoms with E-state index in [0.717, 1.165) is 0 Å². The molecule has 2 fully saturated rings. The average Bonchev–Trinajstić information content (AvgIpc) is 2.98. The van der Waals surface area contributed by atoms with Crippen LogP contribution in [-0.4, -0.2) is 74.8 Å². The number of nitrogens with zero attached hydrogens (tertiary/aromatic N) is 3. The molecule has 0 bridgehead atoms. The Labute approximate surface area is 159 Å². The van der Waals surface area contributed by atoms with Crippen molar-refractivity contribution in [3.8, 4) is 11.1 Å². The third-order valence-corrected chi connectivity index (χ3v) is 9.03. The van der Waals surface area contributed by atoms with Gasteiger partial charge in [0.15, 0.2) is 9.84 Å². The second-order valence-electron chi connectivity index (χ2n) is 7.05. The number of sulfonamides is 1. The van der Waals surface area contributed by atoms with Gasteiger partial charge in [0.25, 0.3) is 0 Å². The number of aromatic nitrogens is 1. The molecule has 4 rings (SSSR count). The van der Waals surface area contributed by atoms with Crippen molar-refractivity contribution in [2.45, 2.75) is 17.0 Å². The number of benzene rings is 1. The van der Waals surface area contributed by atoms with Crippen molar-refractivity contribution in [1.82, 2.24) is 14.2 Å². The van der Waals surface area contributed by atoms with E-state index in [9.17, 15) is 16.8 Å². The van der Waals surface area contributed by atoms with Gasteiger partial charge >= 0.3 is 0 Å². The summed E-state index contributed by atoms with van der Waals surface area (Å²) in [6.07, 6.45) is 3.26. The Bertz CT molecular complexity index is 1060. The van der Waals surface area contributed by atoms with Crippen LogP contribution in [0.15, 0.2) is 53.7 Å². The van der Waals surface area contributed by atoms with Crippen molar-refractivity contribution >= 4 is 19.9 Å². The Morgan fingerprint density at radius 1 is 1.04 bits per heavy atom. The summed E-state index contributed by atoms with van der Waals surface area (Å²) in [5, 5.41) is 0. The smallest absolute Gasteiger partial charge is 0.244 e. The van der Waals surface area contributed by atoms with Gasteiger partial charge in [0.2, 0.25) is 10.0 Å². The number of fused-ring (bicyclic) bond motifs is 1. The Balaban J connectivity index is 1.79. The second-order valence-corrected chi connectivity index (χ2v) is 11.1. The number of hydrogen-bond donors (Lipinski definition) is 0. The van der Waals surface area contributed by atoms with Crippen LogP contribution in [0.2, 0.25) is 0 Å². The lowest BCUT2D eigenvalue weighted by molar-refractivity contribution is 0.121. The lowest BCUT2D eigenvalue weighted by Gasteiger charge is -2.41. The highest BCUT2D eigenvalue weighted by Crippen LogP contribution is 2.34. The molecule has 0 spiro atoms. The maximum atomic E-state index is 13.5. The van der Waals surface area contributed by atoms with Gasteiger partial charge in [-0.1, -0.05) is 24.3 Å². The molecule has 0 saturated carbocycles. The molecule has 2 atom stereocenters. The molecule has 9 heteroatoms. The van der Waals surface area contributed by atoms with Gasteiger partial charge in [-0.15, -0.1) is 0 Å². The highest BCUT2D eigenvalue weighted by Gasteiger charge is 2.49. The van der Waals surface area contributed by atoms with Crippen LogP contribution < -0.4 is 0 Å². The van der Waals surface area contributed by atoms with Gasteiger partial charge in [0, 0.05) is 42.7 Å². The average molecular weight is 408 g/mol. The molecule has 144 valence electrons. The van der Waals surface area contributed by atoms with Crippen molar-refractivity contribution in [2.24, 2.45) is 0 Å². The molecule has 0 amide bonds. The topological polar surface area (TPSA) is 87.7 Å². The van der Waals surface area contributed by atoms with Crippen LogP contribution in [0.5, 0.6) is 0 Å². The van der Waals surface area contributed by atoms with E-state index in [1.54, 1.807) is 42.7 Å². The molecular formula is C18H21N3O4S2. The summed E-state index contributed by atoms with van der Waals surface area (Å²) in [6.45, 7) is 0.780. The maximum absolute atomic E-state index is 13.5. The molecular weight excluding hydrogens is 386 g/mol. The number of pyridine rings is 1. The van der Waals surface area contributed by atoms with Crippen molar-refractivity contribution < 1.29 is 16.8 Å². The minimum absolute atomic E-state index is 0.00440. The standard InChI is InChI=1S/C18H21N3O4S2/c1-20-9-10-21(17-13-26(22,23)12-16(17)20)27(24,25)18-7-3-2-6-15(18)14-5-4-8-19-11-14/h2-8,11,16-17H,9-10,12-13H2,1H3/t16-,17+/m1/s1. The SMILES string of the molecule is CN1CCN(S(=O)(=O)c2ccccc2-c2cccnc2)[C@H]2CS(=O)(=O)C[C@H]21. The van der Waals surface area contributed by atoms with Crippen molar-refractivity contribution in [1.29, 1.82) is 0 Å². The van der Waals surface area contributed by atoms with Crippen molar-refractivity contribution in [2.75, 3.05) is 31.6 Å². The third-order valence-electron chi connectivity index (χ3n) is 5.35. The summed E-state index contributed by atoms with van der Waals surface area (Å²) in [5.41, 5.74) is 1.28. The lowest BCUT2D eigenvalue weighted by atomic mass is 10.1. The predicted molar refractivity (Wildman–Crippen MR) is 102 cm³/mol. The fourth-order valence-corrected chi connectivity index (χ4v) is 7.98. The molecule has 7 nitrogen and oxygen atoms in total. The van der Waals surface area contributed by atoms with Crippen LogP contribution in [-0.2, 0) is 19.9 Å². The fourth-order valence-electron chi connectivity index (χ4n) is 3.97. The fraction of sp³-hybridized carbons (Fsp3) is 0.389. The number of hydrogen-bond acceptors (Lipinski definition) is 6. The zero-order valence-corrected chi connectivity index (χ0v) is 16.5. The van der Waals surface area contributed by atoms with E-state index in [1.807, 2.05) is 18.0 Å². The number of likely N-dealkylation sites (N-methyl/N-ethyl adjacent to an activating group) is 1. The van der Waals surface area contributed by atoms with Crippen molar-refractivity contribution in [3.63, 3.8) is 0 Å². The lowest BCUT2D eigenvalue weighted by Crippen LogP contribution is -2.59. The van der Waals surface area contributed by atoms with Gasteiger partial charge < -0.3 is 0 Å². The van der Waals surface area contributed by atoms with E-state index in [-0.39, 0.29) is 29.0 Å². The van der Waals surface area contributed by atoms with Gasteiger partial charge in [-0.2, -0.15) is 4.31 Å². The molecule has 2 aliphatic heterocycles. The zero-order valence-electron chi connectivity index (χ0n) is 14.9. The first-order valence-electron chi connectivity index (χ1n) is 8.71. The summed E-state index contributed by atoms with van der Waals surface area (Å²) >= 11 is 0. The minimum atomic E-state index is -3.85. The summed E-state index contributed by atoms with van der Waals surface area (Å²) < 4.78 is 52.8. The van der Waals surface area contributed by atoms with Crippen LogP contribution in [0.4, 0.5) is 0 Å². The Hall–Kier alpha value is -1.81. The summed E-state index contributed by atoms with van der Waals surface area (Å²) in [4.78, 5) is 6.22. The van der Waals surface area contributed by atoms with Gasteiger partial charge in [0.05, 0.1) is 22.4 Å². The molecule has 2 aliphatic rings. The first-order chi connectivity index (χ1) is 12.8. The second kappa shape index (κ2) is 6.66. The zero-order chi connectivity index (χ0) is 19.2. The quantitative estimate of drug-likeness (QED) is 0.750. The van der Waals surface area contributed by atoms with Crippen LogP contribution in [0.1, 0.15) is 0 Å². The largest absolute Gasteiger partial charge is 0.299 e. The van der Waals surface area contributed by atoms with Crippen LogP contribution in [0.3, 0.4) is 0 Å². The molecule has 1 aromatic carbocycles. The minimum Gasteiger partial charge on any atom is -0.299 e. The van der Waals surface area contributed by atoms with E-state index >= 15 is 0 Å². The first kappa shape index (κ1) is 18.5. The Morgan fingerprint density at radius 2 is 1.78 bits per heavy atom. The molecule has 1 aromatic heterocycles. The van der Waals surface area contributed by atoms with Crippen LogP contribution in [0.25, 0.3) is 11.1 Å². The molecule has 0 N–H and O–H groups in total. The predicted octanol–water partition coefficient (Wildman–Crippen LogP) is 0.850. The Kier molecular flexibility index (Phi) is 4.58. The van der Waals surface area contributed by atoms with Gasteiger partial charge in [-0.25, -0.2) is 16.8 Å². The van der Waals surface area contributed by atoms with Crippen LogP contribution in [0, 0.1) is 0 Å². The van der Waals surface area contributed by atoms with Gasteiger partial charge in [-0.05, 0) is 19.2 Å². The Morgan fingerprint density at radius 3 is 2.52 bits per heavy atom. The van der Waals surface area contributed by atoms with E-state index in [4.69, 9.17) is 0 Å².